The number of aldehydes is 1. The summed E-state index contributed by atoms with van der Waals surface area (Å²) in [5.41, 5.74) is 3.62. The van der Waals surface area contributed by atoms with E-state index in [1.807, 2.05) is 37.3 Å². The molecule has 0 spiro atoms. The van der Waals surface area contributed by atoms with Crippen molar-refractivity contribution < 1.29 is 28.0 Å². The number of benzene rings is 2. The molecule has 2 bridgehead atoms. The van der Waals surface area contributed by atoms with Crippen molar-refractivity contribution in [1.29, 1.82) is 0 Å². The lowest BCUT2D eigenvalue weighted by atomic mass is 9.70. The van der Waals surface area contributed by atoms with Crippen LogP contribution in [0.15, 0.2) is 52.9 Å². The topological polar surface area (TPSA) is 94.5 Å². The van der Waals surface area contributed by atoms with Crippen LogP contribution in [0.1, 0.15) is 54.1 Å². The minimum absolute atomic E-state index is 0.0747. The standard InChI is InChI=1S/C33H41ClN2O6S/c1-22-21-43(39)35-33(38)24-8-11-32-29(18-24)36(19-25-6-9-27(34)17-23(25)5-3-4-15-41-32)20-26-7-10-28(26)31(40-2)13-12-30(22)42-16-14-37/h6,8-9,11-14,17-18,22,26,28,30-31,43H,3-5,7,10,15-16,19-21H2,1-2H3/b13-12+/t22-,26+,28-,30+,31+/m1/s1. The molecule has 1 aliphatic carbocycles. The van der Waals surface area contributed by atoms with E-state index in [0.717, 1.165) is 55.1 Å². The van der Waals surface area contributed by atoms with Gasteiger partial charge in [-0.15, -0.1) is 0 Å². The zero-order valence-electron chi connectivity index (χ0n) is 24.8. The van der Waals surface area contributed by atoms with E-state index in [4.69, 9.17) is 25.8 Å². The van der Waals surface area contributed by atoms with E-state index >= 15 is 0 Å². The van der Waals surface area contributed by atoms with Gasteiger partial charge in [-0.1, -0.05) is 36.7 Å². The minimum Gasteiger partial charge on any atom is -0.491 e. The maximum atomic E-state index is 13.3. The molecule has 2 aliphatic heterocycles. The maximum Gasteiger partial charge on any atom is 0.284 e. The monoisotopic (exact) mass is 628 g/mol. The third kappa shape index (κ3) is 7.87. The third-order valence-corrected chi connectivity index (χ3v) is 10.4. The number of aryl methyl sites for hydroxylation is 1. The van der Waals surface area contributed by atoms with Crippen molar-refractivity contribution in [2.75, 3.05) is 37.5 Å². The summed E-state index contributed by atoms with van der Waals surface area (Å²) in [5, 5.41) is 0.723. The Hall–Kier alpha value is -2.72. The fourth-order valence-electron chi connectivity index (χ4n) is 6.32. The maximum absolute atomic E-state index is 13.3. The number of amides is 1. The number of anilines is 1. The van der Waals surface area contributed by atoms with Crippen LogP contribution in [0.2, 0.25) is 5.02 Å². The Morgan fingerprint density at radius 2 is 1.95 bits per heavy atom. The van der Waals surface area contributed by atoms with E-state index in [1.54, 1.807) is 13.2 Å². The smallest absolute Gasteiger partial charge is 0.284 e. The van der Waals surface area contributed by atoms with Crippen LogP contribution in [0.5, 0.6) is 5.75 Å². The Morgan fingerprint density at radius 3 is 2.72 bits per heavy atom. The summed E-state index contributed by atoms with van der Waals surface area (Å²) in [6, 6.07) is 11.5. The Kier molecular flexibility index (Phi) is 10.9. The van der Waals surface area contributed by atoms with Crippen molar-refractivity contribution in [3.63, 3.8) is 0 Å². The van der Waals surface area contributed by atoms with Gasteiger partial charge >= 0.3 is 0 Å². The molecule has 0 N–H and O–H groups in total. The predicted octanol–water partition coefficient (Wildman–Crippen LogP) is 5.70. The van der Waals surface area contributed by atoms with Crippen molar-refractivity contribution in [1.82, 2.24) is 0 Å². The van der Waals surface area contributed by atoms with Gasteiger partial charge in [-0.2, -0.15) is 4.36 Å². The fraction of sp³-hybridized carbons (Fsp3) is 0.515. The number of hydrogen-bond donors (Lipinski definition) is 1. The van der Waals surface area contributed by atoms with Crippen LogP contribution >= 0.6 is 11.6 Å². The van der Waals surface area contributed by atoms with E-state index in [0.29, 0.717) is 30.9 Å². The molecule has 1 amide bonds. The lowest BCUT2D eigenvalue weighted by molar-refractivity contribution is -0.113. The van der Waals surface area contributed by atoms with Gasteiger partial charge in [-0.25, -0.2) is 0 Å². The molecule has 10 heteroatoms. The van der Waals surface area contributed by atoms with Gasteiger partial charge in [-0.05, 0) is 91.3 Å². The van der Waals surface area contributed by atoms with E-state index in [1.165, 1.54) is 11.1 Å². The van der Waals surface area contributed by atoms with Crippen LogP contribution in [-0.2, 0) is 37.8 Å². The predicted molar refractivity (Wildman–Crippen MR) is 170 cm³/mol. The second-order valence-electron chi connectivity index (χ2n) is 11.7. The van der Waals surface area contributed by atoms with Crippen LogP contribution in [0.25, 0.3) is 0 Å². The lowest BCUT2D eigenvalue weighted by Gasteiger charge is -2.43. The first-order valence-electron chi connectivity index (χ1n) is 15.1. The molecule has 3 aliphatic rings. The van der Waals surface area contributed by atoms with Gasteiger partial charge in [0.1, 0.15) is 18.6 Å². The van der Waals surface area contributed by atoms with Crippen LogP contribution in [0.4, 0.5) is 5.69 Å². The Labute approximate surface area is 260 Å². The van der Waals surface area contributed by atoms with Crippen molar-refractivity contribution in [3.8, 4) is 5.75 Å². The van der Waals surface area contributed by atoms with Crippen molar-refractivity contribution in [3.05, 3.63) is 70.3 Å². The molecule has 1 unspecified atom stereocenters. The average molecular weight is 629 g/mol. The number of fused-ring (bicyclic) bond motifs is 3. The summed E-state index contributed by atoms with van der Waals surface area (Å²) >= 11 is 6.41. The number of carbonyl (C=O) groups excluding carboxylic acids is 2. The lowest BCUT2D eigenvalue weighted by Crippen LogP contribution is -2.43. The largest absolute Gasteiger partial charge is 0.491 e. The Bertz CT molecular complexity index is 1420. The van der Waals surface area contributed by atoms with Gasteiger partial charge in [0.15, 0.2) is 0 Å². The summed E-state index contributed by atoms with van der Waals surface area (Å²) in [5.74, 6) is 0.733. The highest BCUT2D eigenvalue weighted by atomic mass is 35.5. The summed E-state index contributed by atoms with van der Waals surface area (Å²) in [7, 11) is -0.481. The molecule has 6 atom stereocenters. The molecule has 2 aromatic rings. The van der Waals surface area contributed by atoms with Crippen LogP contribution in [-0.4, -0.2) is 61.2 Å². The molecular formula is C33H41ClN2O6S. The molecule has 0 saturated heterocycles. The van der Waals surface area contributed by atoms with E-state index in [9.17, 15) is 13.8 Å². The highest BCUT2D eigenvalue weighted by Gasteiger charge is 2.38. The average Bonchev–Trinajstić information content (AvgIpc) is 3.00. The molecule has 43 heavy (non-hydrogen) atoms. The molecular weight excluding hydrogens is 588 g/mol. The van der Waals surface area contributed by atoms with Gasteiger partial charge in [0.05, 0.1) is 24.5 Å². The molecule has 8 nitrogen and oxygen atoms in total. The van der Waals surface area contributed by atoms with Crippen molar-refractivity contribution >= 4 is 40.1 Å². The molecule has 5 rings (SSSR count). The summed E-state index contributed by atoms with van der Waals surface area (Å²) in [4.78, 5) is 26.7. The first kappa shape index (κ1) is 31.7. The Balaban J connectivity index is 1.59. The molecule has 1 saturated carbocycles. The van der Waals surface area contributed by atoms with Crippen molar-refractivity contribution in [2.24, 2.45) is 22.1 Å². The first-order chi connectivity index (χ1) is 20.9. The number of carbonyl (C=O) groups is 2. The molecule has 1 fully saturated rings. The molecule has 2 heterocycles. The minimum atomic E-state index is -2.20. The van der Waals surface area contributed by atoms with Gasteiger partial charge in [0.25, 0.3) is 5.91 Å². The third-order valence-electron chi connectivity index (χ3n) is 8.85. The highest BCUT2D eigenvalue weighted by Crippen LogP contribution is 2.42. The normalized spacial score (nSPS) is 29.4. The van der Waals surface area contributed by atoms with E-state index in [2.05, 4.69) is 21.4 Å². The quantitative estimate of drug-likeness (QED) is 0.264. The van der Waals surface area contributed by atoms with E-state index < -0.39 is 22.6 Å². The highest BCUT2D eigenvalue weighted by molar-refractivity contribution is 7.75. The summed E-state index contributed by atoms with van der Waals surface area (Å²) in [6.07, 6.45) is 8.89. The molecule has 0 radical (unpaired) electrons. The van der Waals surface area contributed by atoms with Gasteiger partial charge in [0.2, 0.25) is 0 Å². The van der Waals surface area contributed by atoms with Crippen LogP contribution in [0, 0.1) is 17.8 Å². The number of rotatable bonds is 4. The fourth-order valence-corrected chi connectivity index (χ4v) is 7.61. The number of nitrogens with zero attached hydrogens (tertiary/aromatic N) is 2. The van der Waals surface area contributed by atoms with Crippen LogP contribution < -0.4 is 9.64 Å². The summed E-state index contributed by atoms with van der Waals surface area (Å²) in [6.45, 7) is 3.75. The van der Waals surface area contributed by atoms with Gasteiger partial charge < -0.3 is 23.9 Å². The van der Waals surface area contributed by atoms with Gasteiger partial charge in [0, 0.05) is 47.1 Å². The second kappa shape index (κ2) is 14.8. The first-order valence-corrected chi connectivity index (χ1v) is 16.9. The molecule has 2 aromatic carbocycles. The van der Waals surface area contributed by atoms with E-state index in [-0.39, 0.29) is 30.3 Å². The zero-order valence-corrected chi connectivity index (χ0v) is 26.5. The number of hydrogen-bond acceptors (Lipinski definition) is 7. The van der Waals surface area contributed by atoms with Crippen LogP contribution in [0.3, 0.4) is 0 Å². The summed E-state index contributed by atoms with van der Waals surface area (Å²) < 4.78 is 35.2. The SMILES string of the molecule is CO[C@H]1/C=C/[C@H](OCC=O)[C@H](C)C/[SH](=O)=N\C(=O)c2ccc3c(c2)N(Cc2ccc(Cl)cc2CCCCO3)C[C@@H]2CC[C@H]21. The second-order valence-corrected chi connectivity index (χ2v) is 13.5. The number of halogens is 1. The van der Waals surface area contributed by atoms with Gasteiger partial charge in [-0.3, -0.25) is 9.00 Å². The molecule has 0 aromatic heterocycles. The zero-order chi connectivity index (χ0) is 30.3. The number of methoxy groups -OCH3 is 1. The Morgan fingerprint density at radius 1 is 1.12 bits per heavy atom. The van der Waals surface area contributed by atoms with Crippen molar-refractivity contribution in [2.45, 2.75) is 57.8 Å². The number of thiol groups is 1. The molecule has 232 valence electrons. The number of ether oxygens (including phenoxy) is 3.